The molecule has 1 amide bonds. The lowest BCUT2D eigenvalue weighted by molar-refractivity contribution is -0.139. The molecule has 4 aromatic rings. The van der Waals surface area contributed by atoms with Crippen LogP contribution in [0.1, 0.15) is 37.9 Å². The molecule has 10 nitrogen and oxygen atoms in total. The number of rotatable bonds is 6. The second-order valence-corrected chi connectivity index (χ2v) is 12.7. The first-order valence-corrected chi connectivity index (χ1v) is 15.9. The van der Waals surface area contributed by atoms with E-state index in [4.69, 9.17) is 4.74 Å². The fourth-order valence-corrected chi connectivity index (χ4v) is 7.11. The van der Waals surface area contributed by atoms with Gasteiger partial charge in [0.25, 0.3) is 5.56 Å². The second-order valence-electron chi connectivity index (χ2n) is 12.7. The predicted octanol–water partition coefficient (Wildman–Crippen LogP) is 5.19. The number of fused-ring (bicyclic) bond motifs is 5. The highest BCUT2D eigenvalue weighted by atomic mass is 19.1. The minimum absolute atomic E-state index is 0.00287. The van der Waals surface area contributed by atoms with E-state index in [2.05, 4.69) is 11.6 Å². The van der Waals surface area contributed by atoms with E-state index >= 15 is 18.0 Å². The Morgan fingerprint density at radius 3 is 2.47 bits per heavy atom. The number of phenols is 1. The SMILES string of the molecule is C=CC(=O)N1C[C@@H]2CN(CC(=O)OC)c3c(c4cc(F)c(-c5c(O)cccc5F)c(F)c4n(-c4c(C)ccnc4C(C)C)c3=O)N2C[C@H]1C. The monoisotopic (exact) mass is 675 g/mol. The third-order valence-electron chi connectivity index (χ3n) is 9.35. The smallest absolute Gasteiger partial charge is 0.325 e. The Kier molecular flexibility index (Phi) is 8.63. The number of amides is 1. The molecule has 0 unspecified atom stereocenters. The largest absolute Gasteiger partial charge is 0.507 e. The first-order chi connectivity index (χ1) is 23.3. The molecule has 1 fully saturated rings. The Hall–Kier alpha value is -5.33. The highest BCUT2D eigenvalue weighted by Gasteiger charge is 2.43. The molecule has 0 bridgehead atoms. The lowest BCUT2D eigenvalue weighted by Crippen LogP contribution is -2.64. The number of methoxy groups -OCH3 is 1. The van der Waals surface area contributed by atoms with Crippen LogP contribution >= 0.6 is 0 Å². The van der Waals surface area contributed by atoms with Gasteiger partial charge in [-0.25, -0.2) is 13.2 Å². The van der Waals surface area contributed by atoms with Gasteiger partial charge in [-0.2, -0.15) is 0 Å². The van der Waals surface area contributed by atoms with Crippen LogP contribution in [0, 0.1) is 24.4 Å². The molecule has 1 N–H and O–H groups in total. The van der Waals surface area contributed by atoms with Gasteiger partial charge in [0, 0.05) is 37.3 Å². The molecule has 2 aromatic heterocycles. The van der Waals surface area contributed by atoms with Crippen molar-refractivity contribution in [3.8, 4) is 22.6 Å². The van der Waals surface area contributed by atoms with Crippen LogP contribution in [0.5, 0.6) is 5.75 Å². The first kappa shape index (κ1) is 33.6. The van der Waals surface area contributed by atoms with Crippen molar-refractivity contribution in [2.24, 2.45) is 0 Å². The number of pyridine rings is 2. The molecule has 6 rings (SSSR count). The summed E-state index contributed by atoms with van der Waals surface area (Å²) in [5, 5.41) is 10.6. The molecule has 2 aliphatic rings. The number of aromatic nitrogens is 2. The van der Waals surface area contributed by atoms with Gasteiger partial charge in [0.1, 0.15) is 29.6 Å². The minimum atomic E-state index is -1.27. The summed E-state index contributed by atoms with van der Waals surface area (Å²) >= 11 is 0. The van der Waals surface area contributed by atoms with E-state index in [1.807, 2.05) is 25.7 Å². The highest BCUT2D eigenvalue weighted by molar-refractivity contribution is 6.04. The maximum atomic E-state index is 17.3. The molecular formula is C36H36F3N5O5. The molecule has 0 spiro atoms. The van der Waals surface area contributed by atoms with Crippen molar-refractivity contribution >= 4 is 34.2 Å². The average molecular weight is 676 g/mol. The quantitative estimate of drug-likeness (QED) is 0.220. The zero-order valence-corrected chi connectivity index (χ0v) is 27.8. The van der Waals surface area contributed by atoms with Crippen molar-refractivity contribution in [1.29, 1.82) is 0 Å². The van der Waals surface area contributed by atoms with Crippen LogP contribution in [0.3, 0.4) is 0 Å². The summed E-state index contributed by atoms with van der Waals surface area (Å²) < 4.78 is 55.1. The number of nitrogens with zero attached hydrogens (tertiary/aromatic N) is 5. The van der Waals surface area contributed by atoms with Crippen molar-refractivity contribution in [3.05, 3.63) is 88.2 Å². The Morgan fingerprint density at radius 2 is 1.82 bits per heavy atom. The van der Waals surface area contributed by atoms with Gasteiger partial charge in [-0.05, 0) is 55.7 Å². The van der Waals surface area contributed by atoms with Crippen molar-refractivity contribution in [2.45, 2.75) is 45.7 Å². The van der Waals surface area contributed by atoms with Crippen LogP contribution in [-0.4, -0.2) is 76.8 Å². The number of esters is 1. The molecule has 0 saturated carbocycles. The minimum Gasteiger partial charge on any atom is -0.507 e. The molecule has 256 valence electrons. The van der Waals surface area contributed by atoms with E-state index in [9.17, 15) is 14.7 Å². The number of piperazine rings is 1. The van der Waals surface area contributed by atoms with Crippen LogP contribution in [0.25, 0.3) is 27.7 Å². The lowest BCUT2D eigenvalue weighted by atomic mass is 9.95. The van der Waals surface area contributed by atoms with Gasteiger partial charge in [-0.15, -0.1) is 0 Å². The van der Waals surface area contributed by atoms with E-state index < -0.39 is 57.9 Å². The molecule has 1 saturated heterocycles. The number of aromatic hydroxyl groups is 1. The van der Waals surface area contributed by atoms with E-state index in [1.165, 1.54) is 24.2 Å². The van der Waals surface area contributed by atoms with E-state index in [1.54, 1.807) is 24.1 Å². The first-order valence-electron chi connectivity index (χ1n) is 15.9. The number of aryl methyl sites for hydroxylation is 1. The van der Waals surface area contributed by atoms with Crippen molar-refractivity contribution < 1.29 is 32.6 Å². The average Bonchev–Trinajstić information content (AvgIpc) is 3.05. The normalized spacial score (nSPS) is 17.3. The maximum Gasteiger partial charge on any atom is 0.325 e. The molecule has 13 heteroatoms. The van der Waals surface area contributed by atoms with Crippen LogP contribution in [0.15, 0.2) is 54.0 Å². The molecular weight excluding hydrogens is 639 g/mol. The fourth-order valence-electron chi connectivity index (χ4n) is 7.11. The van der Waals surface area contributed by atoms with Gasteiger partial charge in [0.15, 0.2) is 5.82 Å². The van der Waals surface area contributed by atoms with Crippen LogP contribution in [-0.2, 0) is 14.3 Å². The molecule has 49 heavy (non-hydrogen) atoms. The van der Waals surface area contributed by atoms with Crippen LogP contribution in [0.2, 0.25) is 0 Å². The van der Waals surface area contributed by atoms with Gasteiger partial charge in [0.05, 0.1) is 46.9 Å². The summed E-state index contributed by atoms with van der Waals surface area (Å²) in [6.07, 6.45) is 2.77. The third-order valence-corrected chi connectivity index (χ3v) is 9.35. The summed E-state index contributed by atoms with van der Waals surface area (Å²) in [6, 6.07) is 5.08. The number of carbonyl (C=O) groups excluding carboxylic acids is 2. The standard InChI is InChI=1S/C36H36F3N5O5/c1-7-26(46)42-16-21-15-41(17-27(47)49-6)35-34(43(21)14-20(42)5)22-13-24(38)29(28-23(37)9-8-10-25(28)45)30(39)33(22)44(36(35)48)32-19(4)11-12-40-31(32)18(2)3/h7-13,18,20-21,45H,1,14-17H2,2-6H3/t20-,21+/m1/s1. The number of halogens is 3. The van der Waals surface area contributed by atoms with Crippen molar-refractivity contribution in [3.63, 3.8) is 0 Å². The zero-order valence-electron chi connectivity index (χ0n) is 27.8. The highest BCUT2D eigenvalue weighted by Crippen LogP contribution is 2.46. The summed E-state index contributed by atoms with van der Waals surface area (Å²) in [7, 11) is 1.21. The Morgan fingerprint density at radius 1 is 1.08 bits per heavy atom. The van der Waals surface area contributed by atoms with Crippen LogP contribution in [0.4, 0.5) is 24.5 Å². The Balaban J connectivity index is 1.80. The van der Waals surface area contributed by atoms with Crippen molar-refractivity contribution in [1.82, 2.24) is 14.5 Å². The molecule has 0 aliphatic carbocycles. The number of hydrogen-bond acceptors (Lipinski definition) is 8. The van der Waals surface area contributed by atoms with Crippen LogP contribution < -0.4 is 15.4 Å². The maximum absolute atomic E-state index is 17.3. The van der Waals surface area contributed by atoms with E-state index in [0.717, 1.165) is 22.8 Å². The Bertz CT molecular complexity index is 2080. The van der Waals surface area contributed by atoms with Gasteiger partial charge >= 0.3 is 5.97 Å². The number of anilines is 2. The number of carbonyl (C=O) groups is 2. The molecule has 4 heterocycles. The number of hydrogen-bond donors (Lipinski definition) is 1. The predicted molar refractivity (Wildman–Crippen MR) is 180 cm³/mol. The summed E-state index contributed by atoms with van der Waals surface area (Å²) in [4.78, 5) is 50.1. The molecule has 2 atom stereocenters. The summed E-state index contributed by atoms with van der Waals surface area (Å²) in [5.41, 5.74) is -1.23. The summed E-state index contributed by atoms with van der Waals surface area (Å²) in [5.74, 6) is -5.42. The number of ether oxygens (including phenoxy) is 1. The molecule has 2 aliphatic heterocycles. The van der Waals surface area contributed by atoms with Gasteiger partial charge in [0.2, 0.25) is 5.91 Å². The molecule has 2 aromatic carbocycles. The van der Waals surface area contributed by atoms with Crippen molar-refractivity contribution in [2.75, 3.05) is 43.1 Å². The second kappa shape index (κ2) is 12.6. The topological polar surface area (TPSA) is 108 Å². The fraction of sp³-hybridized carbons (Fsp3) is 0.333. The molecule has 0 radical (unpaired) electrons. The van der Waals surface area contributed by atoms with Gasteiger partial charge in [-0.3, -0.25) is 23.9 Å². The van der Waals surface area contributed by atoms with Gasteiger partial charge < -0.3 is 24.5 Å². The number of benzene rings is 2. The summed E-state index contributed by atoms with van der Waals surface area (Å²) in [6.45, 7) is 10.9. The zero-order chi connectivity index (χ0) is 35.5. The Labute approximate surface area is 280 Å². The third kappa shape index (κ3) is 5.37. The number of phenolic OH excluding ortho intramolecular Hbond substituents is 1. The van der Waals surface area contributed by atoms with Gasteiger partial charge in [-0.1, -0.05) is 26.5 Å². The van der Waals surface area contributed by atoms with E-state index in [-0.39, 0.29) is 66.0 Å². The lowest BCUT2D eigenvalue weighted by Gasteiger charge is -2.51. The van der Waals surface area contributed by atoms with E-state index in [0.29, 0.717) is 11.3 Å².